The van der Waals surface area contributed by atoms with Crippen molar-refractivity contribution in [1.29, 1.82) is 0 Å². The third-order valence-electron chi connectivity index (χ3n) is 4.81. The van der Waals surface area contributed by atoms with Crippen LogP contribution in [0.1, 0.15) is 17.3 Å². The van der Waals surface area contributed by atoms with E-state index in [1.165, 1.54) is 35.2 Å². The molecule has 0 saturated heterocycles. The number of nitro benzene ring substituents is 1. The predicted molar refractivity (Wildman–Crippen MR) is 130 cm³/mol. The fourth-order valence-electron chi connectivity index (χ4n) is 3.03. The lowest BCUT2D eigenvalue weighted by Gasteiger charge is -2.17. The molecule has 3 aromatic carbocycles. The first-order valence-corrected chi connectivity index (χ1v) is 11.8. The van der Waals surface area contributed by atoms with E-state index in [9.17, 15) is 28.1 Å². The molecular formula is C23H22N4O7S. The molecule has 2 N–H and O–H groups in total. The molecule has 3 aromatic rings. The zero-order chi connectivity index (χ0) is 25.6. The topological polar surface area (TPSA) is 148 Å². The molecular weight excluding hydrogens is 476 g/mol. The Kier molecular flexibility index (Phi) is 7.66. The van der Waals surface area contributed by atoms with Gasteiger partial charge < -0.3 is 10.1 Å². The second-order valence-electron chi connectivity index (χ2n) is 7.16. The molecule has 2 amide bonds. The molecule has 0 aromatic heterocycles. The van der Waals surface area contributed by atoms with Crippen molar-refractivity contribution in [3.8, 4) is 0 Å². The van der Waals surface area contributed by atoms with Crippen molar-refractivity contribution in [2.24, 2.45) is 0 Å². The van der Waals surface area contributed by atoms with Crippen LogP contribution in [0.15, 0.2) is 77.7 Å². The van der Waals surface area contributed by atoms with Gasteiger partial charge in [0, 0.05) is 30.6 Å². The number of sulfonamides is 1. The maximum absolute atomic E-state index is 12.9. The summed E-state index contributed by atoms with van der Waals surface area (Å²) in [6.45, 7) is 1.94. The van der Waals surface area contributed by atoms with E-state index < -0.39 is 26.9 Å². The smallest absolute Gasteiger partial charge is 0.413 e. The highest BCUT2D eigenvalue weighted by atomic mass is 32.2. The van der Waals surface area contributed by atoms with Gasteiger partial charge in [-0.1, -0.05) is 18.2 Å². The van der Waals surface area contributed by atoms with E-state index in [2.05, 4.69) is 10.0 Å². The molecule has 0 spiro atoms. The molecule has 0 aliphatic carbocycles. The van der Waals surface area contributed by atoms with Crippen molar-refractivity contribution in [3.05, 3.63) is 88.5 Å². The number of nitro groups is 1. The van der Waals surface area contributed by atoms with Crippen LogP contribution in [0.25, 0.3) is 0 Å². The molecule has 0 unspecified atom stereocenters. The van der Waals surface area contributed by atoms with Crippen LogP contribution in [0.3, 0.4) is 0 Å². The van der Waals surface area contributed by atoms with Gasteiger partial charge in [-0.15, -0.1) is 0 Å². The Bertz CT molecular complexity index is 1360. The van der Waals surface area contributed by atoms with Gasteiger partial charge in [-0.2, -0.15) is 0 Å². The molecule has 0 radical (unpaired) electrons. The van der Waals surface area contributed by atoms with Gasteiger partial charge in [0.25, 0.3) is 21.6 Å². The van der Waals surface area contributed by atoms with E-state index in [-0.39, 0.29) is 28.4 Å². The molecule has 0 aliphatic heterocycles. The van der Waals surface area contributed by atoms with E-state index >= 15 is 0 Å². The SMILES string of the molecule is CCOC(=O)N(C)c1ccc(NC(=O)c2ccccc2NS(=O)(=O)c2cccc([N+](=O)[O-])c2)cc1. The molecule has 0 heterocycles. The van der Waals surface area contributed by atoms with E-state index in [4.69, 9.17) is 4.74 Å². The molecule has 182 valence electrons. The second-order valence-corrected chi connectivity index (χ2v) is 8.85. The number of nitrogens with one attached hydrogen (secondary N) is 2. The lowest BCUT2D eigenvalue weighted by molar-refractivity contribution is -0.385. The molecule has 0 atom stereocenters. The van der Waals surface area contributed by atoms with Gasteiger partial charge in [-0.3, -0.25) is 24.5 Å². The third-order valence-corrected chi connectivity index (χ3v) is 6.17. The minimum absolute atomic E-state index is 0.00447. The molecule has 0 aliphatic rings. The van der Waals surface area contributed by atoms with Gasteiger partial charge in [-0.05, 0) is 49.4 Å². The third kappa shape index (κ3) is 6.12. The molecule has 0 bridgehead atoms. The summed E-state index contributed by atoms with van der Waals surface area (Å²) in [4.78, 5) is 36.0. The van der Waals surface area contributed by atoms with Crippen molar-refractivity contribution in [2.75, 3.05) is 28.6 Å². The summed E-state index contributed by atoms with van der Waals surface area (Å²) in [7, 11) is -2.66. The Morgan fingerprint density at radius 3 is 2.37 bits per heavy atom. The Morgan fingerprint density at radius 2 is 1.71 bits per heavy atom. The number of benzene rings is 3. The Balaban J connectivity index is 1.79. The molecule has 0 saturated carbocycles. The van der Waals surface area contributed by atoms with E-state index in [0.29, 0.717) is 11.4 Å². The van der Waals surface area contributed by atoms with Gasteiger partial charge in [0.2, 0.25) is 0 Å². The number of carbonyl (C=O) groups is 2. The highest BCUT2D eigenvalue weighted by Gasteiger charge is 2.21. The van der Waals surface area contributed by atoms with Gasteiger partial charge in [0.05, 0.1) is 27.7 Å². The number of para-hydroxylation sites is 1. The van der Waals surface area contributed by atoms with Crippen molar-refractivity contribution < 1.29 is 27.7 Å². The van der Waals surface area contributed by atoms with E-state index in [1.54, 1.807) is 50.4 Å². The number of non-ortho nitro benzene ring substituents is 1. The summed E-state index contributed by atoms with van der Waals surface area (Å²) >= 11 is 0. The molecule has 12 heteroatoms. The number of nitrogens with zero attached hydrogens (tertiary/aromatic N) is 2. The minimum Gasteiger partial charge on any atom is -0.449 e. The standard InChI is InChI=1S/C23H22N4O7S/c1-3-34-23(29)26(2)17-13-11-16(12-14-17)24-22(28)20-9-4-5-10-21(20)25-35(32,33)19-8-6-7-18(15-19)27(30)31/h4-15,25H,3H2,1-2H3,(H,24,28). The van der Waals surface area contributed by atoms with Crippen molar-refractivity contribution in [1.82, 2.24) is 0 Å². The number of rotatable bonds is 8. The molecule has 11 nitrogen and oxygen atoms in total. The summed E-state index contributed by atoms with van der Waals surface area (Å²) < 4.78 is 32.9. The highest BCUT2D eigenvalue weighted by molar-refractivity contribution is 7.92. The fraction of sp³-hybridized carbons (Fsp3) is 0.130. The zero-order valence-electron chi connectivity index (χ0n) is 18.8. The quantitative estimate of drug-likeness (QED) is 0.348. The summed E-state index contributed by atoms with van der Waals surface area (Å²) in [5.74, 6) is -0.589. The number of ether oxygens (including phenoxy) is 1. The Morgan fingerprint density at radius 1 is 1.03 bits per heavy atom. The summed E-state index contributed by atoms with van der Waals surface area (Å²) in [5, 5.41) is 13.7. The number of amides is 2. The van der Waals surface area contributed by atoms with Crippen LogP contribution in [-0.4, -0.2) is 39.0 Å². The van der Waals surface area contributed by atoms with Crippen molar-refractivity contribution in [2.45, 2.75) is 11.8 Å². The number of carbonyl (C=O) groups excluding carboxylic acids is 2. The first-order chi connectivity index (χ1) is 16.6. The van der Waals surface area contributed by atoms with Gasteiger partial charge in [0.1, 0.15) is 0 Å². The second kappa shape index (κ2) is 10.7. The Labute approximate surface area is 201 Å². The lowest BCUT2D eigenvalue weighted by Crippen LogP contribution is -2.26. The van der Waals surface area contributed by atoms with E-state index in [0.717, 1.165) is 6.07 Å². The summed E-state index contributed by atoms with van der Waals surface area (Å²) in [6.07, 6.45) is -0.519. The zero-order valence-corrected chi connectivity index (χ0v) is 19.6. The first-order valence-electron chi connectivity index (χ1n) is 10.3. The Hall–Kier alpha value is -4.45. The summed E-state index contributed by atoms with van der Waals surface area (Å²) in [5.41, 5.74) is 0.610. The predicted octanol–water partition coefficient (Wildman–Crippen LogP) is 4.24. The van der Waals surface area contributed by atoms with Crippen LogP contribution in [-0.2, 0) is 14.8 Å². The summed E-state index contributed by atoms with van der Waals surface area (Å²) in [6, 6.07) is 16.9. The van der Waals surface area contributed by atoms with Gasteiger partial charge >= 0.3 is 6.09 Å². The highest BCUT2D eigenvalue weighted by Crippen LogP contribution is 2.24. The van der Waals surface area contributed by atoms with Crippen LogP contribution in [0.5, 0.6) is 0 Å². The number of hydrogen-bond acceptors (Lipinski definition) is 7. The average molecular weight is 499 g/mol. The van der Waals surface area contributed by atoms with Gasteiger partial charge in [0.15, 0.2) is 0 Å². The monoisotopic (exact) mass is 498 g/mol. The minimum atomic E-state index is -4.21. The van der Waals surface area contributed by atoms with Crippen LogP contribution < -0.4 is 14.9 Å². The van der Waals surface area contributed by atoms with Gasteiger partial charge in [-0.25, -0.2) is 13.2 Å². The fourth-order valence-corrected chi connectivity index (χ4v) is 4.15. The van der Waals surface area contributed by atoms with Crippen LogP contribution >= 0.6 is 0 Å². The van der Waals surface area contributed by atoms with Crippen LogP contribution in [0, 0.1) is 10.1 Å². The lowest BCUT2D eigenvalue weighted by atomic mass is 10.1. The van der Waals surface area contributed by atoms with Crippen molar-refractivity contribution >= 4 is 44.8 Å². The van der Waals surface area contributed by atoms with Crippen molar-refractivity contribution in [3.63, 3.8) is 0 Å². The molecule has 35 heavy (non-hydrogen) atoms. The van der Waals surface area contributed by atoms with Crippen LogP contribution in [0.2, 0.25) is 0 Å². The molecule has 0 fully saturated rings. The first kappa shape index (κ1) is 25.2. The number of anilines is 3. The maximum Gasteiger partial charge on any atom is 0.413 e. The number of hydrogen-bond donors (Lipinski definition) is 2. The average Bonchev–Trinajstić information content (AvgIpc) is 2.84. The normalized spacial score (nSPS) is 10.8. The largest absolute Gasteiger partial charge is 0.449 e. The maximum atomic E-state index is 12.9. The van der Waals surface area contributed by atoms with E-state index in [1.807, 2.05) is 0 Å². The molecule has 3 rings (SSSR count). The van der Waals surface area contributed by atoms with Crippen LogP contribution in [0.4, 0.5) is 27.5 Å².